The van der Waals surface area contributed by atoms with Crippen LogP contribution in [0.1, 0.15) is 27.0 Å². The van der Waals surface area contributed by atoms with Crippen LogP contribution in [0.25, 0.3) is 65.6 Å². The molecular formula is C79H58N4O17S3. The van der Waals surface area contributed by atoms with Gasteiger partial charge in [0.25, 0.3) is 16.7 Å². The Balaban J connectivity index is 0.000000138. The number of carboxylic acid groups (broad SMARTS) is 1. The third-order valence-corrected chi connectivity index (χ3v) is 20.1. The number of ether oxygens (including phenoxy) is 3. The second-order valence-electron chi connectivity index (χ2n) is 23.1. The molecule has 6 N–H and O–H groups in total. The van der Waals surface area contributed by atoms with Gasteiger partial charge in [-0.25, -0.2) is 19.2 Å². The molecule has 0 aliphatic heterocycles. The number of methoxy groups -OCH3 is 3. The molecule has 0 unspecified atom stereocenters. The predicted octanol–water partition coefficient (Wildman–Crippen LogP) is 14.3. The van der Waals surface area contributed by atoms with Gasteiger partial charge in [-0.05, 0) is 138 Å². The molecule has 0 spiro atoms. The maximum atomic E-state index is 13.7. The fourth-order valence-corrected chi connectivity index (χ4v) is 14.2. The Morgan fingerprint density at radius 3 is 1.04 bits per heavy atom. The van der Waals surface area contributed by atoms with Gasteiger partial charge in [-0.2, -0.15) is 0 Å². The van der Waals surface area contributed by atoms with E-state index in [4.69, 9.17) is 38.3 Å². The lowest BCUT2D eigenvalue weighted by Crippen LogP contribution is -2.22. The monoisotopic (exact) mass is 1430 g/mol. The van der Waals surface area contributed by atoms with Crippen molar-refractivity contribution in [2.75, 3.05) is 27.1 Å². The number of carbonyl (C=O) groups is 1. The highest BCUT2D eigenvalue weighted by molar-refractivity contribution is 8.00. The van der Waals surface area contributed by atoms with E-state index < -0.39 is 51.0 Å². The van der Waals surface area contributed by atoms with Crippen molar-refractivity contribution < 1.29 is 52.7 Å². The molecule has 0 aliphatic carbocycles. The van der Waals surface area contributed by atoms with Crippen molar-refractivity contribution >= 4 is 113 Å². The number of aromatic nitrogens is 3. The van der Waals surface area contributed by atoms with Crippen LogP contribution in [0.4, 0.5) is 5.69 Å². The maximum Gasteiger partial charge on any atom is 0.354 e. The molecule has 15 aromatic rings. The minimum Gasteiger partial charge on any atom is -0.505 e. The Labute approximate surface area is 595 Å². The van der Waals surface area contributed by atoms with Crippen molar-refractivity contribution in [3.63, 3.8) is 0 Å². The van der Waals surface area contributed by atoms with Gasteiger partial charge in [0, 0.05) is 36.5 Å². The van der Waals surface area contributed by atoms with E-state index >= 15 is 0 Å². The van der Waals surface area contributed by atoms with Crippen LogP contribution in [0.5, 0.6) is 34.5 Å². The van der Waals surface area contributed by atoms with Gasteiger partial charge in [0.1, 0.15) is 48.1 Å². The number of para-hydroxylation sites is 4. The molecule has 0 saturated carbocycles. The molecular weight excluding hydrogens is 1370 g/mol. The second kappa shape index (κ2) is 29.7. The molecule has 21 nitrogen and oxygen atoms in total. The first-order chi connectivity index (χ1) is 49.9. The lowest BCUT2D eigenvalue weighted by molar-refractivity contribution is 0.0696. The third kappa shape index (κ3) is 13.9. The van der Waals surface area contributed by atoms with Crippen LogP contribution in [-0.2, 0) is 19.6 Å². The Kier molecular flexibility index (Phi) is 19.8. The number of benzene rings is 9. The van der Waals surface area contributed by atoms with Gasteiger partial charge in [-0.3, -0.25) is 14.4 Å². The maximum absolute atomic E-state index is 13.7. The van der Waals surface area contributed by atoms with Crippen LogP contribution in [0.2, 0.25) is 0 Å². The normalized spacial score (nSPS) is 11.2. The van der Waals surface area contributed by atoms with Crippen LogP contribution >= 0.6 is 35.3 Å². The summed E-state index contributed by atoms with van der Waals surface area (Å²) in [6.45, 7) is 0.752. The van der Waals surface area contributed by atoms with Crippen molar-refractivity contribution in [2.24, 2.45) is 0 Å². The average molecular weight is 1430 g/mol. The molecule has 0 aliphatic rings. The van der Waals surface area contributed by atoms with Gasteiger partial charge in [0.2, 0.25) is 0 Å². The topological polar surface area (TPSA) is 308 Å². The predicted molar refractivity (Wildman–Crippen MR) is 397 cm³/mol. The van der Waals surface area contributed by atoms with Crippen molar-refractivity contribution in [3.8, 4) is 34.5 Å². The molecule has 0 radical (unpaired) electrons. The highest BCUT2D eigenvalue weighted by Gasteiger charge is 2.27. The summed E-state index contributed by atoms with van der Waals surface area (Å²) in [7, 11) is 4.76. The van der Waals surface area contributed by atoms with Crippen LogP contribution in [0.15, 0.2) is 296 Å². The molecule has 514 valence electrons. The number of hydrogen-bond acceptors (Lipinski definition) is 20. The molecule has 15 rings (SSSR count). The number of fused-ring (bicyclic) bond motifs is 9. The van der Waals surface area contributed by atoms with E-state index in [-0.39, 0.29) is 78.5 Å². The summed E-state index contributed by atoms with van der Waals surface area (Å²) >= 11 is 2.93. The Hall–Kier alpha value is -12.6. The zero-order valence-electron chi connectivity index (χ0n) is 54.7. The number of anilines is 1. The molecule has 0 saturated heterocycles. The van der Waals surface area contributed by atoms with E-state index in [9.17, 15) is 48.9 Å². The average Bonchev–Trinajstić information content (AvgIpc) is 0.750. The smallest absolute Gasteiger partial charge is 0.354 e. The van der Waals surface area contributed by atoms with E-state index in [0.717, 1.165) is 62.6 Å². The Morgan fingerprint density at radius 2 is 0.699 bits per heavy atom. The van der Waals surface area contributed by atoms with Gasteiger partial charge in [0.15, 0.2) is 34.0 Å². The Morgan fingerprint density at radius 1 is 0.388 bits per heavy atom. The summed E-state index contributed by atoms with van der Waals surface area (Å²) in [4.78, 5) is 92.1. The van der Waals surface area contributed by atoms with Crippen LogP contribution in [0.3, 0.4) is 0 Å². The van der Waals surface area contributed by atoms with Gasteiger partial charge in [0.05, 0.1) is 63.1 Å². The molecule has 0 amide bonds. The van der Waals surface area contributed by atoms with E-state index in [1.165, 1.54) is 28.8 Å². The second-order valence-corrected chi connectivity index (χ2v) is 26.3. The minimum atomic E-state index is -1.08. The largest absolute Gasteiger partial charge is 0.505 e. The lowest BCUT2D eigenvalue weighted by atomic mass is 10.1. The van der Waals surface area contributed by atoms with Gasteiger partial charge < -0.3 is 67.3 Å². The SMILES string of the molecule is COc1ccc(Cn2c(=O)c3c(O)c(Sc4ccc(C(=O)O)cc4)c(=O)oc3c3ccccc32)cc1.COc1ccc(Cn2c(=O)c3c(O)c(Sc4ccccc4)c(=O)oc3c3ccccc32)cc1.COc1ccc(Cn2c(=O)c3c(O)c(Sc4ccccc4N)c(=O)oc3c3ccccc32)cc1. The van der Waals surface area contributed by atoms with Crippen molar-refractivity contribution in [1.82, 2.24) is 13.7 Å². The lowest BCUT2D eigenvalue weighted by Gasteiger charge is -2.14. The third-order valence-electron chi connectivity index (χ3n) is 16.8. The number of nitrogens with zero attached hydrogens (tertiary/aromatic N) is 3. The Bertz CT molecular complexity index is 6180. The van der Waals surface area contributed by atoms with Gasteiger partial charge >= 0.3 is 22.8 Å². The van der Waals surface area contributed by atoms with Crippen molar-refractivity contribution in [2.45, 2.75) is 49.0 Å². The van der Waals surface area contributed by atoms with Crippen molar-refractivity contribution in [1.29, 1.82) is 0 Å². The van der Waals surface area contributed by atoms with E-state index in [1.54, 1.807) is 134 Å². The fraction of sp³-hybridized carbons (Fsp3) is 0.0759. The highest BCUT2D eigenvalue weighted by atomic mass is 32.2. The molecule has 6 aromatic heterocycles. The molecule has 9 aromatic carbocycles. The summed E-state index contributed by atoms with van der Waals surface area (Å²) in [6, 6.07) is 65.3. The summed E-state index contributed by atoms with van der Waals surface area (Å²) in [5.74, 6) is -0.228. The zero-order chi connectivity index (χ0) is 72.2. The first-order valence-corrected chi connectivity index (χ1v) is 34.0. The number of carboxylic acids is 1. The van der Waals surface area contributed by atoms with E-state index in [2.05, 4.69) is 0 Å². The van der Waals surface area contributed by atoms with E-state index in [0.29, 0.717) is 59.7 Å². The minimum absolute atomic E-state index is 0.00894. The molecule has 6 heterocycles. The number of rotatable bonds is 16. The van der Waals surface area contributed by atoms with Crippen LogP contribution < -0.4 is 53.5 Å². The molecule has 0 fully saturated rings. The van der Waals surface area contributed by atoms with Crippen LogP contribution in [-0.4, -0.2) is 61.4 Å². The first kappa shape index (κ1) is 68.9. The summed E-state index contributed by atoms with van der Waals surface area (Å²) in [6.07, 6.45) is 0. The quantitative estimate of drug-likeness (QED) is 0.0443. The van der Waals surface area contributed by atoms with Crippen molar-refractivity contribution in [3.05, 3.63) is 309 Å². The zero-order valence-corrected chi connectivity index (χ0v) is 57.2. The first-order valence-electron chi connectivity index (χ1n) is 31.5. The van der Waals surface area contributed by atoms with E-state index in [1.807, 2.05) is 97.1 Å². The van der Waals surface area contributed by atoms with Gasteiger partial charge in [-0.1, -0.05) is 138 Å². The van der Waals surface area contributed by atoms with Crippen LogP contribution in [0, 0.1) is 0 Å². The van der Waals surface area contributed by atoms with Gasteiger partial charge in [-0.15, -0.1) is 0 Å². The number of aromatic hydroxyl groups is 3. The summed E-state index contributed by atoms with van der Waals surface area (Å²) < 4.78 is 37.1. The molecule has 24 heteroatoms. The number of nitrogen functional groups attached to an aromatic ring is 1. The molecule has 0 atom stereocenters. The highest BCUT2D eigenvalue weighted by Crippen LogP contribution is 2.42. The summed E-state index contributed by atoms with van der Waals surface area (Å²) in [5, 5.41) is 43.9. The standard InChI is InChI=1S/C27H19NO7S.C26H20N2O5S.C26H19NO5S/c1-34-17-10-6-15(7-11-17)14-28-20-5-3-2-4-19(20)23-21(25(28)30)22(29)24(27(33)35-23)36-18-12-8-16(9-13-18)26(31)32;1-32-16-12-10-15(11-13-16)14-28-19-8-4-2-6-17(19)23-21(25(28)30)22(29)24(26(31)33-23)34-20-9-5-3-7-18(20)27;1-31-17-13-11-16(12-14-17)15-27-20-10-6-5-9-19(20)23-21(25(27)29)22(28)24(26(30)32-23)33-18-7-3-2-4-8-18/h2-13,29H,14H2,1H3,(H,31,32);2-13,29H,14,27H2,1H3;2-14,28H,15H2,1H3. The summed E-state index contributed by atoms with van der Waals surface area (Å²) in [5.41, 5.74) is 7.40. The number of hydrogen-bond donors (Lipinski definition) is 5. The number of aromatic carboxylic acids is 1. The fourth-order valence-electron chi connectivity index (χ4n) is 11.7. The molecule has 0 bridgehead atoms. The number of nitrogens with two attached hydrogens (primary N) is 1. The molecule has 103 heavy (non-hydrogen) atoms. The number of pyridine rings is 3.